The van der Waals surface area contributed by atoms with E-state index in [-0.39, 0.29) is 58.0 Å². The molecule has 0 fully saturated rings. The first-order valence-electron chi connectivity index (χ1n) is 7.74. The molecule has 25 heavy (non-hydrogen) atoms. The maximum absolute atomic E-state index is 11.5. The van der Waals surface area contributed by atoms with Crippen LogP contribution >= 0.6 is 0 Å². The summed E-state index contributed by atoms with van der Waals surface area (Å²) in [6.45, 7) is 2.43. The number of carbonyl (C=O) groups excluding carboxylic acids is 2. The minimum Gasteiger partial charge on any atom is -0.544 e. The Morgan fingerprint density at radius 1 is 1.44 bits per heavy atom. The van der Waals surface area contributed by atoms with Crippen molar-refractivity contribution in [3.8, 4) is 0 Å². The van der Waals surface area contributed by atoms with Crippen LogP contribution < -0.4 is 61.8 Å². The van der Waals surface area contributed by atoms with Crippen molar-refractivity contribution in [3.05, 3.63) is 12.2 Å². The van der Waals surface area contributed by atoms with Crippen LogP contribution in [0.25, 0.3) is 0 Å². The Morgan fingerprint density at radius 3 is 2.56 bits per heavy atom. The third-order valence-corrected chi connectivity index (χ3v) is 3.57. The van der Waals surface area contributed by atoms with E-state index in [0.29, 0.717) is 6.42 Å². The van der Waals surface area contributed by atoms with Gasteiger partial charge in [-0.2, -0.15) is 0 Å². The van der Waals surface area contributed by atoms with Gasteiger partial charge in [0.05, 0.1) is 19.3 Å². The number of unbranched alkanes of at least 4 members (excludes halogenated alkanes) is 1. The van der Waals surface area contributed by atoms with Gasteiger partial charge in [0.1, 0.15) is 24.3 Å². The summed E-state index contributed by atoms with van der Waals surface area (Å²) >= 11 is 0. The largest absolute Gasteiger partial charge is 1.00 e. The molecule has 0 unspecified atom stereocenters. The number of nitrogens with one attached hydrogen (secondary N) is 1. The molecule has 1 amide bonds. The number of carboxylic acid groups (broad SMARTS) is 1. The molecule has 1 rings (SSSR count). The molecular weight excluding hydrogens is 361 g/mol. The zero-order valence-electron chi connectivity index (χ0n) is 14.7. The van der Waals surface area contributed by atoms with Crippen LogP contribution in [-0.2, 0) is 19.1 Å². The first-order chi connectivity index (χ1) is 11.3. The Bertz CT molecular complexity index is 474. The predicted molar refractivity (Wildman–Crippen MR) is 79.3 cm³/mol. The topological polar surface area (TPSA) is 148 Å². The molecule has 0 spiro atoms. The van der Waals surface area contributed by atoms with Gasteiger partial charge < -0.3 is 40.0 Å². The second-order valence-corrected chi connectivity index (χ2v) is 5.57. The summed E-state index contributed by atoms with van der Waals surface area (Å²) in [5.74, 6) is -4.37. The van der Waals surface area contributed by atoms with Crippen LogP contribution in [0.4, 0.5) is 0 Å². The summed E-state index contributed by atoms with van der Waals surface area (Å²) in [5, 5.41) is 42.7. The molecule has 0 bridgehead atoms. The summed E-state index contributed by atoms with van der Waals surface area (Å²) in [6, 6.07) is -0.916. The summed E-state index contributed by atoms with van der Waals surface area (Å²) < 4.78 is 10.7. The first-order valence-corrected chi connectivity index (χ1v) is 7.74. The molecular formula is C15H24KNO8. The maximum atomic E-state index is 11.5. The molecule has 0 saturated heterocycles. The molecule has 0 aromatic rings. The molecule has 0 aliphatic carbocycles. The van der Waals surface area contributed by atoms with E-state index in [0.717, 1.165) is 12.5 Å². The van der Waals surface area contributed by atoms with Crippen LogP contribution in [0.2, 0.25) is 0 Å². The van der Waals surface area contributed by atoms with Crippen LogP contribution in [0, 0.1) is 0 Å². The van der Waals surface area contributed by atoms with Crippen molar-refractivity contribution in [1.82, 2.24) is 5.32 Å². The van der Waals surface area contributed by atoms with Crippen molar-refractivity contribution in [2.75, 3.05) is 13.2 Å². The van der Waals surface area contributed by atoms with Gasteiger partial charge >= 0.3 is 51.4 Å². The van der Waals surface area contributed by atoms with Crippen molar-refractivity contribution in [3.63, 3.8) is 0 Å². The number of carbonyl (C=O) groups is 2. The van der Waals surface area contributed by atoms with Gasteiger partial charge in [0, 0.05) is 6.92 Å². The number of aliphatic hydroxyl groups is 3. The van der Waals surface area contributed by atoms with Crippen LogP contribution in [0.15, 0.2) is 12.2 Å². The predicted octanol–water partition coefficient (Wildman–Crippen LogP) is -5.57. The molecule has 1 heterocycles. The number of rotatable bonds is 9. The van der Waals surface area contributed by atoms with E-state index in [1.165, 1.54) is 13.0 Å². The molecule has 138 valence electrons. The zero-order valence-corrected chi connectivity index (χ0v) is 17.8. The average molecular weight is 385 g/mol. The Kier molecular flexibility index (Phi) is 11.8. The molecule has 0 saturated carbocycles. The van der Waals surface area contributed by atoms with Gasteiger partial charge in [-0.3, -0.25) is 4.79 Å². The van der Waals surface area contributed by atoms with E-state index in [1.54, 1.807) is 0 Å². The summed E-state index contributed by atoms with van der Waals surface area (Å²) in [4.78, 5) is 22.8. The molecule has 9 nitrogen and oxygen atoms in total. The summed E-state index contributed by atoms with van der Waals surface area (Å²) in [7, 11) is 0. The number of aliphatic carboxylic acids is 1. The van der Waals surface area contributed by atoms with Crippen molar-refractivity contribution in [2.45, 2.75) is 56.8 Å². The number of amides is 1. The Hall–Kier alpha value is 0.116. The molecule has 5 atom stereocenters. The van der Waals surface area contributed by atoms with Crippen LogP contribution in [0.3, 0.4) is 0 Å². The average Bonchev–Trinajstić information content (AvgIpc) is 2.54. The Morgan fingerprint density at radius 2 is 2.08 bits per heavy atom. The molecule has 1 aliphatic heterocycles. The molecule has 0 aromatic carbocycles. The van der Waals surface area contributed by atoms with Crippen molar-refractivity contribution in [2.24, 2.45) is 0 Å². The van der Waals surface area contributed by atoms with Gasteiger partial charge in [-0.05, 0) is 12.5 Å². The van der Waals surface area contributed by atoms with Gasteiger partial charge in [0.15, 0.2) is 0 Å². The van der Waals surface area contributed by atoms with Gasteiger partial charge in [0.25, 0.3) is 0 Å². The van der Waals surface area contributed by atoms with E-state index in [4.69, 9.17) is 14.6 Å². The third-order valence-electron chi connectivity index (χ3n) is 3.57. The van der Waals surface area contributed by atoms with Crippen LogP contribution in [-0.4, -0.2) is 70.6 Å². The van der Waals surface area contributed by atoms with E-state index >= 15 is 0 Å². The zero-order chi connectivity index (χ0) is 18.3. The summed E-state index contributed by atoms with van der Waals surface area (Å²) in [5.41, 5.74) is 0. The summed E-state index contributed by atoms with van der Waals surface area (Å²) in [6.07, 6.45) is -0.888. The molecule has 10 heteroatoms. The molecule has 4 N–H and O–H groups in total. The maximum Gasteiger partial charge on any atom is 1.00 e. The minimum atomic E-state index is -2.25. The number of ether oxygens (including phenoxy) is 2. The van der Waals surface area contributed by atoms with Gasteiger partial charge in [-0.25, -0.2) is 0 Å². The van der Waals surface area contributed by atoms with Crippen molar-refractivity contribution < 1.29 is 90.9 Å². The molecule has 0 aromatic heterocycles. The number of aliphatic hydroxyl groups excluding tert-OH is 3. The van der Waals surface area contributed by atoms with Crippen LogP contribution in [0.1, 0.15) is 26.7 Å². The Labute approximate surface area is 188 Å². The first kappa shape index (κ1) is 25.1. The standard InChI is InChI=1S/C15H25NO8.K/c1-3-4-7-23-15(14(21)22)6-5-10(16-9(2)18)13(24-15)12(20)11(19)8-17;/h5-6,10-13,17,19-20H,3-4,7-8H2,1-2H3,(H,16,18)(H,21,22);/q;+1/p-1/t10-,11-,12-,13-,15+;/m1./s1. The minimum absolute atomic E-state index is 0. The van der Waals surface area contributed by atoms with Crippen LogP contribution in [0.5, 0.6) is 0 Å². The fourth-order valence-electron chi connectivity index (χ4n) is 2.25. The van der Waals surface area contributed by atoms with Crippen molar-refractivity contribution >= 4 is 11.9 Å². The monoisotopic (exact) mass is 385 g/mol. The second kappa shape index (κ2) is 11.8. The Balaban J connectivity index is 0.00000576. The third kappa shape index (κ3) is 6.98. The number of hydrogen-bond donors (Lipinski definition) is 4. The number of carboxylic acids is 1. The molecule has 1 aliphatic rings. The van der Waals surface area contributed by atoms with E-state index < -0.39 is 48.6 Å². The van der Waals surface area contributed by atoms with Gasteiger partial charge in [0.2, 0.25) is 11.7 Å². The van der Waals surface area contributed by atoms with E-state index in [1.807, 2.05) is 6.92 Å². The number of hydrogen-bond acceptors (Lipinski definition) is 8. The smallest absolute Gasteiger partial charge is 0.544 e. The van der Waals surface area contributed by atoms with E-state index in [9.17, 15) is 24.9 Å². The SMILES string of the molecule is CCCCO[C@@]1(C(=O)[O-])C=C[C@@H](NC(C)=O)[C@H]([C@H](O)[C@H](O)CO)O1.[K+]. The normalized spacial score (nSPS) is 27.9. The van der Waals surface area contributed by atoms with Crippen molar-refractivity contribution in [1.29, 1.82) is 0 Å². The quantitative estimate of drug-likeness (QED) is 0.174. The second-order valence-electron chi connectivity index (χ2n) is 5.57. The van der Waals surface area contributed by atoms with E-state index in [2.05, 4.69) is 5.32 Å². The fourth-order valence-corrected chi connectivity index (χ4v) is 2.25. The molecule has 0 radical (unpaired) electrons. The van der Waals surface area contributed by atoms with Gasteiger partial charge in [-0.1, -0.05) is 19.4 Å². The van der Waals surface area contributed by atoms with Gasteiger partial charge in [-0.15, -0.1) is 0 Å². The fraction of sp³-hybridized carbons (Fsp3) is 0.733.